The van der Waals surface area contributed by atoms with E-state index in [0.29, 0.717) is 43.6 Å². The molecule has 1 aliphatic heterocycles. The quantitative estimate of drug-likeness (QED) is 0.0705. The third kappa shape index (κ3) is 5.97. The number of anilines is 1. The third-order valence-corrected chi connectivity index (χ3v) is 9.06. The molecule has 2 heterocycles. The Kier molecular flexibility index (Phi) is 8.65. The van der Waals surface area contributed by atoms with Crippen molar-refractivity contribution in [3.63, 3.8) is 0 Å². The highest BCUT2D eigenvalue weighted by molar-refractivity contribution is 8.00. The summed E-state index contributed by atoms with van der Waals surface area (Å²) < 4.78 is 20.5. The number of thioether (sulfide) groups is 1. The smallest absolute Gasteiger partial charge is 0.301 e. The van der Waals surface area contributed by atoms with Gasteiger partial charge in [0.25, 0.3) is 5.78 Å². The summed E-state index contributed by atoms with van der Waals surface area (Å²) in [6.45, 7) is 3.91. The van der Waals surface area contributed by atoms with Crippen molar-refractivity contribution >= 4 is 68.9 Å². The average Bonchev–Trinajstić information content (AvgIpc) is 3.52. The van der Waals surface area contributed by atoms with Crippen molar-refractivity contribution in [3.8, 4) is 5.75 Å². The fourth-order valence-electron chi connectivity index (χ4n) is 4.29. The largest absolute Gasteiger partial charge is 0.507 e. The van der Waals surface area contributed by atoms with Crippen LogP contribution >= 0.6 is 46.3 Å². The normalized spacial score (nSPS) is 16.4. The first-order valence-corrected chi connectivity index (χ1v) is 14.9. The number of aliphatic hydroxyl groups is 1. The number of aromatic nitrogens is 2. The number of ether oxygens (including phenoxy) is 1. The fourth-order valence-corrected chi connectivity index (χ4v) is 6.72. The minimum absolute atomic E-state index is 0.0791. The monoisotopic (exact) mass is 629 g/mol. The number of hydrogen-bond donors (Lipinski definition) is 1. The molecule has 0 saturated carbocycles. The van der Waals surface area contributed by atoms with Crippen molar-refractivity contribution in [1.82, 2.24) is 10.2 Å². The van der Waals surface area contributed by atoms with Crippen LogP contribution in [-0.4, -0.2) is 33.6 Å². The summed E-state index contributed by atoms with van der Waals surface area (Å²) in [6.07, 6.45) is 0. The maximum Gasteiger partial charge on any atom is 0.301 e. The highest BCUT2D eigenvalue weighted by Crippen LogP contribution is 2.44. The summed E-state index contributed by atoms with van der Waals surface area (Å²) in [5.74, 6) is -1.76. The molecule has 12 heteroatoms. The molecule has 0 unspecified atom stereocenters. The van der Waals surface area contributed by atoms with Gasteiger partial charge in [0.05, 0.1) is 18.2 Å². The van der Waals surface area contributed by atoms with E-state index in [9.17, 15) is 19.1 Å². The second-order valence-electron chi connectivity index (χ2n) is 9.01. The first-order chi connectivity index (χ1) is 19.7. The minimum atomic E-state index is -1.04. The number of carbonyl (C=O) groups excluding carboxylic acids is 2. The van der Waals surface area contributed by atoms with E-state index in [-0.39, 0.29) is 16.3 Å². The van der Waals surface area contributed by atoms with Gasteiger partial charge in [-0.15, -0.1) is 10.2 Å². The molecule has 1 aliphatic rings. The minimum Gasteiger partial charge on any atom is -0.507 e. The first kappa shape index (κ1) is 29.1. The van der Waals surface area contributed by atoms with E-state index in [2.05, 4.69) is 10.2 Å². The Labute approximate surface area is 253 Å². The van der Waals surface area contributed by atoms with Gasteiger partial charge in [0.1, 0.15) is 17.3 Å². The molecule has 210 valence electrons. The predicted octanol–water partition coefficient (Wildman–Crippen LogP) is 7.61. The van der Waals surface area contributed by atoms with Crippen LogP contribution in [0.15, 0.2) is 70.6 Å². The van der Waals surface area contributed by atoms with Gasteiger partial charge in [-0.25, -0.2) is 4.39 Å². The molecule has 3 aromatic carbocycles. The summed E-state index contributed by atoms with van der Waals surface area (Å²) in [5.41, 5.74) is 1.65. The number of halogens is 3. The number of hydrogen-bond acceptors (Lipinski definition) is 8. The van der Waals surface area contributed by atoms with Crippen molar-refractivity contribution < 1.29 is 23.8 Å². The van der Waals surface area contributed by atoms with E-state index < -0.39 is 29.3 Å². The topological polar surface area (TPSA) is 92.6 Å². The molecule has 1 atom stereocenters. The Bertz CT molecular complexity index is 1680. The Balaban J connectivity index is 1.54. The maximum atomic E-state index is 14.4. The van der Waals surface area contributed by atoms with Gasteiger partial charge in [-0.05, 0) is 60.9 Å². The number of aliphatic hydroxyl groups excluding tert-OH is 1. The zero-order valence-corrected chi connectivity index (χ0v) is 24.9. The molecule has 1 aromatic heterocycles. The number of amides is 1. The molecule has 0 aliphatic carbocycles. The summed E-state index contributed by atoms with van der Waals surface area (Å²) in [6, 6.07) is 15.1. The van der Waals surface area contributed by atoms with E-state index in [1.165, 1.54) is 28.8 Å². The van der Waals surface area contributed by atoms with Crippen LogP contribution in [0.2, 0.25) is 10.0 Å². The van der Waals surface area contributed by atoms with Crippen LogP contribution in [0, 0.1) is 12.7 Å². The lowest BCUT2D eigenvalue weighted by molar-refractivity contribution is -0.132. The van der Waals surface area contributed by atoms with E-state index in [4.69, 9.17) is 27.9 Å². The van der Waals surface area contributed by atoms with E-state index in [0.717, 1.165) is 23.0 Å². The average molecular weight is 631 g/mol. The number of aryl methyl sites for hydroxylation is 1. The Morgan fingerprint density at radius 1 is 1.10 bits per heavy atom. The Hall–Kier alpha value is -3.44. The van der Waals surface area contributed by atoms with Crippen molar-refractivity contribution in [2.24, 2.45) is 0 Å². The zero-order chi connectivity index (χ0) is 29.3. The van der Waals surface area contributed by atoms with Gasteiger partial charge >= 0.3 is 5.91 Å². The molecule has 1 N–H and O–H groups in total. The SMILES string of the molecule is CCOc1ccc([C@@H]2C(=C(O)c3ccc(C)c(F)c3)C(=O)C(=O)N2c2nnc(SCc3ccc(Cl)cc3Cl)s2)cc1. The second-order valence-corrected chi connectivity index (χ2v) is 12.0. The second kappa shape index (κ2) is 12.2. The molecule has 1 saturated heterocycles. The molecule has 1 fully saturated rings. The number of nitrogens with zero attached hydrogens (tertiary/aromatic N) is 3. The van der Waals surface area contributed by atoms with E-state index >= 15 is 0 Å². The van der Waals surface area contributed by atoms with Crippen molar-refractivity contribution in [2.45, 2.75) is 30.0 Å². The van der Waals surface area contributed by atoms with Crippen LogP contribution < -0.4 is 9.64 Å². The van der Waals surface area contributed by atoms with Crippen LogP contribution in [0.25, 0.3) is 5.76 Å². The van der Waals surface area contributed by atoms with Crippen LogP contribution in [-0.2, 0) is 15.3 Å². The zero-order valence-electron chi connectivity index (χ0n) is 21.7. The van der Waals surface area contributed by atoms with Gasteiger partial charge in [0.15, 0.2) is 4.34 Å². The standard InChI is InChI=1S/C29H22Cl2FN3O4S2/c1-3-39-20-10-7-16(8-11-20)24-23(25(36)17-5-4-15(2)22(32)12-17)26(37)27(38)35(24)28-33-34-29(41-28)40-14-18-6-9-19(30)13-21(18)31/h4-13,24,36H,3,14H2,1-2H3/t24-/m1/s1. The van der Waals surface area contributed by atoms with Crippen molar-refractivity contribution in [1.29, 1.82) is 0 Å². The van der Waals surface area contributed by atoms with Gasteiger partial charge in [0.2, 0.25) is 5.13 Å². The number of carbonyl (C=O) groups is 2. The highest BCUT2D eigenvalue weighted by Gasteiger charge is 2.48. The molecular formula is C29H22Cl2FN3O4S2. The number of ketones is 1. The lowest BCUT2D eigenvalue weighted by atomic mass is 9.95. The number of Topliss-reactive ketones (excluding diaryl/α,β-unsaturated/α-hetero) is 1. The molecule has 5 rings (SSSR count). The van der Waals surface area contributed by atoms with Crippen LogP contribution in [0.4, 0.5) is 9.52 Å². The summed E-state index contributed by atoms with van der Waals surface area (Å²) >= 11 is 14.8. The van der Waals surface area contributed by atoms with Crippen LogP contribution in [0.1, 0.15) is 35.2 Å². The molecule has 0 radical (unpaired) electrons. The van der Waals surface area contributed by atoms with Gasteiger partial charge in [-0.1, -0.05) is 76.6 Å². The van der Waals surface area contributed by atoms with Gasteiger partial charge in [0, 0.05) is 21.4 Å². The van der Waals surface area contributed by atoms with Crippen LogP contribution in [0.5, 0.6) is 5.75 Å². The molecule has 0 spiro atoms. The first-order valence-electron chi connectivity index (χ1n) is 12.4. The highest BCUT2D eigenvalue weighted by atomic mass is 35.5. The molecular weight excluding hydrogens is 608 g/mol. The van der Waals surface area contributed by atoms with Crippen molar-refractivity contribution in [3.05, 3.63) is 104 Å². The molecule has 4 aromatic rings. The number of benzene rings is 3. The summed E-state index contributed by atoms with van der Waals surface area (Å²) in [4.78, 5) is 28.0. The Morgan fingerprint density at radius 3 is 2.54 bits per heavy atom. The van der Waals surface area contributed by atoms with Gasteiger partial charge in [-0.2, -0.15) is 0 Å². The lowest BCUT2D eigenvalue weighted by Crippen LogP contribution is -2.29. The van der Waals surface area contributed by atoms with Gasteiger partial charge in [-0.3, -0.25) is 14.5 Å². The summed E-state index contributed by atoms with van der Waals surface area (Å²) in [7, 11) is 0. The lowest BCUT2D eigenvalue weighted by Gasteiger charge is -2.22. The van der Waals surface area contributed by atoms with E-state index in [1.54, 1.807) is 43.3 Å². The molecule has 7 nitrogen and oxygen atoms in total. The van der Waals surface area contributed by atoms with Crippen molar-refractivity contribution in [2.75, 3.05) is 11.5 Å². The van der Waals surface area contributed by atoms with Gasteiger partial charge < -0.3 is 9.84 Å². The number of rotatable bonds is 8. The fraction of sp³-hybridized carbons (Fsp3) is 0.172. The third-order valence-electron chi connectivity index (χ3n) is 6.36. The van der Waals surface area contributed by atoms with E-state index in [1.807, 2.05) is 13.0 Å². The Morgan fingerprint density at radius 2 is 1.85 bits per heavy atom. The molecule has 41 heavy (non-hydrogen) atoms. The molecule has 0 bridgehead atoms. The van der Waals surface area contributed by atoms with Crippen LogP contribution in [0.3, 0.4) is 0 Å². The molecule has 1 amide bonds. The maximum absolute atomic E-state index is 14.4. The predicted molar refractivity (Wildman–Crippen MR) is 159 cm³/mol. The summed E-state index contributed by atoms with van der Waals surface area (Å²) in [5, 5.41) is 20.9.